The van der Waals surface area contributed by atoms with Crippen LogP contribution in [0.1, 0.15) is 0 Å². The number of nitrogens with one attached hydrogen (secondary N) is 1. The van der Waals surface area contributed by atoms with Crippen molar-refractivity contribution in [2.75, 3.05) is 6.26 Å². The van der Waals surface area contributed by atoms with Crippen molar-refractivity contribution in [1.82, 2.24) is 9.97 Å². The summed E-state index contributed by atoms with van der Waals surface area (Å²) in [5.74, 6) is 0.138. The second-order valence-electron chi connectivity index (χ2n) is 4.52. The van der Waals surface area contributed by atoms with Crippen LogP contribution < -0.4 is 0 Å². The summed E-state index contributed by atoms with van der Waals surface area (Å²) in [4.78, 5) is 7.43. The molecule has 0 spiro atoms. The van der Waals surface area contributed by atoms with Gasteiger partial charge < -0.3 is 4.98 Å². The number of para-hydroxylation sites is 1. The van der Waals surface area contributed by atoms with Crippen molar-refractivity contribution in [3.63, 3.8) is 0 Å². The van der Waals surface area contributed by atoms with Gasteiger partial charge in [0.15, 0.2) is 9.84 Å². The van der Waals surface area contributed by atoms with Gasteiger partial charge in [-0.25, -0.2) is 17.8 Å². The van der Waals surface area contributed by atoms with Crippen LogP contribution in [0.25, 0.3) is 22.4 Å². The van der Waals surface area contributed by atoms with E-state index in [2.05, 4.69) is 9.97 Å². The first-order valence-corrected chi connectivity index (χ1v) is 7.79. The summed E-state index contributed by atoms with van der Waals surface area (Å²) >= 11 is 0. The van der Waals surface area contributed by atoms with Crippen LogP contribution in [0.15, 0.2) is 47.4 Å². The highest BCUT2D eigenvalue weighted by Gasteiger charge is 2.10. The summed E-state index contributed by atoms with van der Waals surface area (Å²) in [5.41, 5.74) is 1.58. The number of hydrogen-bond acceptors (Lipinski definition) is 3. The number of imidazole rings is 1. The maximum Gasteiger partial charge on any atom is 0.175 e. The van der Waals surface area contributed by atoms with E-state index in [1.807, 2.05) is 0 Å². The molecule has 0 aliphatic carbocycles. The van der Waals surface area contributed by atoms with E-state index in [1.54, 1.807) is 24.3 Å². The number of benzene rings is 2. The van der Waals surface area contributed by atoms with Gasteiger partial charge in [0.1, 0.15) is 17.2 Å². The number of aromatic amines is 1. The maximum atomic E-state index is 13.6. The molecule has 1 N–H and O–H groups in total. The number of nitrogens with zero attached hydrogens (tertiary/aromatic N) is 1. The van der Waals surface area contributed by atoms with Crippen molar-refractivity contribution in [3.05, 3.63) is 48.3 Å². The highest BCUT2D eigenvalue weighted by Crippen LogP contribution is 2.23. The minimum absolute atomic E-state index is 0. The van der Waals surface area contributed by atoms with Crippen LogP contribution in [0.5, 0.6) is 0 Å². The minimum atomic E-state index is -3.22. The molecule has 1 aromatic heterocycles. The van der Waals surface area contributed by atoms with E-state index in [1.165, 1.54) is 18.2 Å². The Hall–Kier alpha value is -1.63. The molecule has 0 amide bonds. The monoisotopic (exact) mass is 362 g/mol. The molecular formula is C14H13Cl2FN2O2S. The zero-order chi connectivity index (χ0) is 14.3. The molecule has 3 rings (SSSR count). The van der Waals surface area contributed by atoms with Crippen LogP contribution >= 0.6 is 24.8 Å². The van der Waals surface area contributed by atoms with E-state index in [9.17, 15) is 12.8 Å². The molecule has 22 heavy (non-hydrogen) atoms. The molecule has 0 fully saturated rings. The van der Waals surface area contributed by atoms with Crippen molar-refractivity contribution in [2.24, 2.45) is 0 Å². The molecule has 0 radical (unpaired) electrons. The van der Waals surface area contributed by atoms with Gasteiger partial charge >= 0.3 is 0 Å². The Morgan fingerprint density at radius 2 is 1.68 bits per heavy atom. The average Bonchev–Trinajstić information content (AvgIpc) is 2.83. The van der Waals surface area contributed by atoms with Gasteiger partial charge in [0, 0.05) is 11.8 Å². The molecule has 0 unspecified atom stereocenters. The van der Waals surface area contributed by atoms with Gasteiger partial charge in [-0.15, -0.1) is 24.8 Å². The van der Waals surface area contributed by atoms with Crippen molar-refractivity contribution < 1.29 is 12.8 Å². The summed E-state index contributed by atoms with van der Waals surface area (Å²) in [5, 5.41) is 0. The van der Waals surface area contributed by atoms with Gasteiger partial charge in [-0.05, 0) is 36.4 Å². The van der Waals surface area contributed by atoms with E-state index in [4.69, 9.17) is 0 Å². The fourth-order valence-electron chi connectivity index (χ4n) is 1.99. The average molecular weight is 363 g/mol. The van der Waals surface area contributed by atoms with Crippen molar-refractivity contribution in [2.45, 2.75) is 4.90 Å². The van der Waals surface area contributed by atoms with Crippen molar-refractivity contribution in [1.29, 1.82) is 0 Å². The van der Waals surface area contributed by atoms with Gasteiger partial charge in [-0.1, -0.05) is 6.07 Å². The van der Waals surface area contributed by atoms with Crippen LogP contribution in [0.4, 0.5) is 4.39 Å². The Kier molecular flexibility index (Phi) is 5.56. The Morgan fingerprint density at radius 1 is 1.05 bits per heavy atom. The Labute approximate surface area is 139 Å². The van der Waals surface area contributed by atoms with E-state index in [-0.39, 0.29) is 35.5 Å². The largest absolute Gasteiger partial charge is 0.336 e. The second-order valence-corrected chi connectivity index (χ2v) is 6.53. The number of aromatic nitrogens is 2. The SMILES string of the molecule is CS(=O)(=O)c1ccc(-c2nc3cccc(F)c3[nH]2)cc1.Cl.Cl. The molecule has 118 valence electrons. The van der Waals surface area contributed by atoms with E-state index in [0.29, 0.717) is 22.4 Å². The highest BCUT2D eigenvalue weighted by atomic mass is 35.5. The van der Waals surface area contributed by atoms with E-state index >= 15 is 0 Å². The number of sulfone groups is 1. The summed E-state index contributed by atoms with van der Waals surface area (Å²) in [7, 11) is -3.22. The van der Waals surface area contributed by atoms with Crippen LogP contribution in [0.2, 0.25) is 0 Å². The number of H-pyrrole nitrogens is 1. The molecule has 3 aromatic rings. The summed E-state index contributed by atoms with van der Waals surface area (Å²) in [6, 6.07) is 11.0. The Bertz CT molecular complexity index is 893. The molecule has 2 aromatic carbocycles. The summed E-state index contributed by atoms with van der Waals surface area (Å²) in [6.07, 6.45) is 1.15. The van der Waals surface area contributed by atoms with Crippen molar-refractivity contribution >= 4 is 45.7 Å². The number of rotatable bonds is 2. The number of fused-ring (bicyclic) bond motifs is 1. The predicted molar refractivity (Wildman–Crippen MR) is 89.1 cm³/mol. The lowest BCUT2D eigenvalue weighted by atomic mass is 10.2. The van der Waals surface area contributed by atoms with Gasteiger partial charge in [0.2, 0.25) is 0 Å². The first-order chi connectivity index (χ1) is 9.45. The van der Waals surface area contributed by atoms with Crippen LogP contribution in [-0.2, 0) is 9.84 Å². The zero-order valence-electron chi connectivity index (χ0n) is 11.4. The number of halogens is 3. The van der Waals surface area contributed by atoms with Crippen molar-refractivity contribution in [3.8, 4) is 11.4 Å². The quantitative estimate of drug-likeness (QED) is 0.757. The Morgan fingerprint density at radius 3 is 2.23 bits per heavy atom. The molecule has 8 heteroatoms. The van der Waals surface area contributed by atoms with Gasteiger partial charge in [0.05, 0.1) is 10.4 Å². The van der Waals surface area contributed by atoms with Gasteiger partial charge in [0.25, 0.3) is 0 Å². The Balaban J connectivity index is 0.00000121. The highest BCUT2D eigenvalue weighted by molar-refractivity contribution is 7.90. The van der Waals surface area contributed by atoms with Gasteiger partial charge in [-0.3, -0.25) is 0 Å². The van der Waals surface area contributed by atoms with E-state index in [0.717, 1.165) is 6.26 Å². The summed E-state index contributed by atoms with van der Waals surface area (Å²) < 4.78 is 36.4. The number of hydrogen-bond donors (Lipinski definition) is 1. The molecule has 0 aliphatic heterocycles. The lowest BCUT2D eigenvalue weighted by Crippen LogP contribution is -1.96. The standard InChI is InChI=1S/C14H11FN2O2S.2ClH/c1-20(18,19)10-7-5-9(6-8-10)14-16-12-4-2-3-11(15)13(12)17-14;;/h2-8H,1H3,(H,16,17);2*1H. The molecular weight excluding hydrogens is 350 g/mol. The molecule has 0 saturated carbocycles. The predicted octanol–water partition coefficient (Wildman–Crippen LogP) is 3.62. The zero-order valence-corrected chi connectivity index (χ0v) is 13.9. The third-order valence-corrected chi connectivity index (χ3v) is 4.15. The molecule has 1 heterocycles. The normalized spacial score (nSPS) is 10.8. The topological polar surface area (TPSA) is 62.8 Å². The molecule has 0 saturated heterocycles. The lowest BCUT2D eigenvalue weighted by molar-refractivity contribution is 0.602. The maximum absolute atomic E-state index is 13.6. The lowest BCUT2D eigenvalue weighted by Gasteiger charge is -2.00. The molecule has 0 atom stereocenters. The van der Waals surface area contributed by atoms with E-state index < -0.39 is 9.84 Å². The van der Waals surface area contributed by atoms with Crippen LogP contribution in [-0.4, -0.2) is 24.6 Å². The fraction of sp³-hybridized carbons (Fsp3) is 0.0714. The third kappa shape index (κ3) is 3.40. The smallest absolute Gasteiger partial charge is 0.175 e. The first-order valence-electron chi connectivity index (χ1n) is 5.90. The molecule has 4 nitrogen and oxygen atoms in total. The third-order valence-electron chi connectivity index (χ3n) is 3.02. The molecule has 0 aliphatic rings. The minimum Gasteiger partial charge on any atom is -0.336 e. The van der Waals surface area contributed by atoms with Crippen LogP contribution in [0, 0.1) is 5.82 Å². The fourth-order valence-corrected chi connectivity index (χ4v) is 2.62. The van der Waals surface area contributed by atoms with Crippen LogP contribution in [0.3, 0.4) is 0 Å². The second kappa shape index (κ2) is 6.64. The first kappa shape index (κ1) is 18.4. The van der Waals surface area contributed by atoms with Gasteiger partial charge in [-0.2, -0.15) is 0 Å². The summed E-state index contributed by atoms with van der Waals surface area (Å²) in [6.45, 7) is 0. The molecule has 0 bridgehead atoms.